The lowest BCUT2D eigenvalue weighted by atomic mass is 9.99. The predicted molar refractivity (Wildman–Crippen MR) is 85.0 cm³/mol. The summed E-state index contributed by atoms with van der Waals surface area (Å²) in [6.07, 6.45) is 5.03. The average molecular weight is 308 g/mol. The highest BCUT2D eigenvalue weighted by Crippen LogP contribution is 2.31. The van der Waals surface area contributed by atoms with Crippen LogP contribution >= 0.6 is 11.3 Å². The zero-order valence-electron chi connectivity index (χ0n) is 12.8. The van der Waals surface area contributed by atoms with Crippen LogP contribution < -0.4 is 0 Å². The molecular formula is C16H24N2O2S. The van der Waals surface area contributed by atoms with Crippen molar-refractivity contribution in [2.45, 2.75) is 44.2 Å². The normalized spacial score (nSPS) is 25.4. The molecule has 5 heteroatoms. The monoisotopic (exact) mass is 308 g/mol. The molecule has 2 heterocycles. The van der Waals surface area contributed by atoms with Crippen molar-refractivity contribution in [1.82, 2.24) is 9.80 Å². The number of nitrogens with zero attached hydrogens (tertiary/aromatic N) is 2. The Morgan fingerprint density at radius 3 is 2.90 bits per heavy atom. The standard InChI is InChI=1S/C16H24N2O2S/c1-17(2)9-12-8-13(19)10-18(12)16(20)15-7-11-5-3-4-6-14(11)21-15/h7,12-13,19H,3-6,8-10H2,1-2H3. The van der Waals surface area contributed by atoms with Gasteiger partial charge in [0.15, 0.2) is 0 Å². The van der Waals surface area contributed by atoms with Crippen molar-refractivity contribution in [2.24, 2.45) is 0 Å². The second kappa shape index (κ2) is 6.07. The molecule has 1 aliphatic heterocycles. The number of thiophene rings is 1. The Morgan fingerprint density at radius 2 is 2.19 bits per heavy atom. The molecule has 0 bridgehead atoms. The highest BCUT2D eigenvalue weighted by Gasteiger charge is 2.35. The summed E-state index contributed by atoms with van der Waals surface area (Å²) in [4.78, 5) is 19.0. The van der Waals surface area contributed by atoms with Crippen LogP contribution in [0.5, 0.6) is 0 Å². The van der Waals surface area contributed by atoms with Gasteiger partial charge in [-0.3, -0.25) is 4.79 Å². The topological polar surface area (TPSA) is 43.8 Å². The van der Waals surface area contributed by atoms with Gasteiger partial charge in [0.05, 0.1) is 11.0 Å². The molecule has 4 nitrogen and oxygen atoms in total. The molecule has 1 amide bonds. The van der Waals surface area contributed by atoms with Crippen molar-refractivity contribution in [3.05, 3.63) is 21.4 Å². The van der Waals surface area contributed by atoms with Gasteiger partial charge in [-0.25, -0.2) is 0 Å². The van der Waals surface area contributed by atoms with Crippen LogP contribution in [0.15, 0.2) is 6.07 Å². The van der Waals surface area contributed by atoms with Gasteiger partial charge in [0.2, 0.25) is 0 Å². The molecule has 1 aromatic rings. The van der Waals surface area contributed by atoms with Crippen LogP contribution in [-0.2, 0) is 12.8 Å². The van der Waals surface area contributed by atoms with Crippen molar-refractivity contribution < 1.29 is 9.90 Å². The van der Waals surface area contributed by atoms with Crippen molar-refractivity contribution in [2.75, 3.05) is 27.2 Å². The Hall–Kier alpha value is -0.910. The molecule has 21 heavy (non-hydrogen) atoms. The number of aryl methyl sites for hydroxylation is 2. The minimum absolute atomic E-state index is 0.109. The molecule has 116 valence electrons. The van der Waals surface area contributed by atoms with E-state index in [1.807, 2.05) is 19.0 Å². The molecule has 1 aromatic heterocycles. The van der Waals surface area contributed by atoms with Gasteiger partial charge < -0.3 is 14.9 Å². The van der Waals surface area contributed by atoms with Crippen LogP contribution in [0.2, 0.25) is 0 Å². The molecule has 0 radical (unpaired) electrons. The third kappa shape index (κ3) is 3.15. The summed E-state index contributed by atoms with van der Waals surface area (Å²) in [5, 5.41) is 9.93. The zero-order chi connectivity index (χ0) is 15.0. The van der Waals surface area contributed by atoms with Crippen LogP contribution in [0.25, 0.3) is 0 Å². The Balaban J connectivity index is 1.78. The zero-order valence-corrected chi connectivity index (χ0v) is 13.7. The number of hydrogen-bond donors (Lipinski definition) is 1. The van der Waals surface area contributed by atoms with E-state index in [0.717, 1.165) is 24.3 Å². The molecule has 1 aliphatic carbocycles. The van der Waals surface area contributed by atoms with E-state index < -0.39 is 0 Å². The summed E-state index contributed by atoms with van der Waals surface area (Å²) in [5.74, 6) is 0.109. The molecule has 0 aromatic carbocycles. The van der Waals surface area contributed by atoms with Gasteiger partial charge in [0, 0.05) is 24.0 Å². The van der Waals surface area contributed by atoms with Gasteiger partial charge in [-0.15, -0.1) is 11.3 Å². The van der Waals surface area contributed by atoms with Gasteiger partial charge >= 0.3 is 0 Å². The summed E-state index contributed by atoms with van der Waals surface area (Å²) in [6.45, 7) is 1.29. The van der Waals surface area contributed by atoms with Crippen molar-refractivity contribution in [3.63, 3.8) is 0 Å². The molecule has 3 rings (SSSR count). The molecule has 0 spiro atoms. The maximum absolute atomic E-state index is 12.8. The number of hydrogen-bond acceptors (Lipinski definition) is 4. The molecule has 1 fully saturated rings. The first-order chi connectivity index (χ1) is 10.0. The summed E-state index contributed by atoms with van der Waals surface area (Å²) >= 11 is 1.67. The number of aliphatic hydroxyl groups is 1. The highest BCUT2D eigenvalue weighted by molar-refractivity contribution is 7.14. The number of rotatable bonds is 3. The van der Waals surface area contributed by atoms with E-state index in [9.17, 15) is 9.90 Å². The number of amides is 1. The lowest BCUT2D eigenvalue weighted by Crippen LogP contribution is -2.41. The van der Waals surface area contributed by atoms with Gasteiger partial charge in [-0.05, 0) is 57.8 Å². The Labute approximate surface area is 130 Å². The van der Waals surface area contributed by atoms with Crippen molar-refractivity contribution >= 4 is 17.2 Å². The van der Waals surface area contributed by atoms with Gasteiger partial charge in [-0.1, -0.05) is 0 Å². The SMILES string of the molecule is CN(C)CC1CC(O)CN1C(=O)c1cc2c(s1)CCCC2. The Bertz CT molecular complexity index is 503. The maximum Gasteiger partial charge on any atom is 0.264 e. The quantitative estimate of drug-likeness (QED) is 0.925. The number of carbonyl (C=O) groups excluding carboxylic acids is 1. The van der Waals surface area contributed by atoms with E-state index in [1.54, 1.807) is 11.3 Å². The van der Waals surface area contributed by atoms with E-state index in [2.05, 4.69) is 11.0 Å². The summed E-state index contributed by atoms with van der Waals surface area (Å²) in [6, 6.07) is 2.22. The first-order valence-electron chi connectivity index (χ1n) is 7.80. The summed E-state index contributed by atoms with van der Waals surface area (Å²) in [5.41, 5.74) is 1.37. The molecule has 2 atom stereocenters. The van der Waals surface area contributed by atoms with Crippen LogP contribution in [0.4, 0.5) is 0 Å². The fourth-order valence-corrected chi connectivity index (χ4v) is 4.68. The Kier molecular flexibility index (Phi) is 4.33. The lowest BCUT2D eigenvalue weighted by molar-refractivity contribution is 0.0704. The van der Waals surface area contributed by atoms with E-state index in [0.29, 0.717) is 13.0 Å². The molecule has 1 N–H and O–H groups in total. The predicted octanol–water partition coefficient (Wildman–Crippen LogP) is 1.76. The van der Waals surface area contributed by atoms with E-state index >= 15 is 0 Å². The summed E-state index contributed by atoms with van der Waals surface area (Å²) < 4.78 is 0. The average Bonchev–Trinajstić information content (AvgIpc) is 3.00. The first kappa shape index (κ1) is 15.0. The minimum atomic E-state index is -0.381. The van der Waals surface area contributed by atoms with E-state index in [-0.39, 0.29) is 18.1 Å². The molecule has 0 saturated carbocycles. The number of likely N-dealkylation sites (N-methyl/N-ethyl adjacent to an activating group) is 1. The third-order valence-electron chi connectivity index (χ3n) is 4.44. The van der Waals surface area contributed by atoms with Gasteiger partial charge in [0.25, 0.3) is 5.91 Å². The van der Waals surface area contributed by atoms with Crippen LogP contribution in [0, 0.1) is 0 Å². The van der Waals surface area contributed by atoms with Crippen molar-refractivity contribution in [1.29, 1.82) is 0 Å². The van der Waals surface area contributed by atoms with E-state index in [1.165, 1.54) is 23.3 Å². The molecule has 2 unspecified atom stereocenters. The fraction of sp³-hybridized carbons (Fsp3) is 0.688. The number of β-amino-alcohol motifs (C(OH)–C–C–N with tert-alkyl or cyclic N) is 1. The van der Waals surface area contributed by atoms with Crippen molar-refractivity contribution in [3.8, 4) is 0 Å². The highest BCUT2D eigenvalue weighted by atomic mass is 32.1. The summed E-state index contributed by atoms with van der Waals surface area (Å²) in [7, 11) is 4.02. The minimum Gasteiger partial charge on any atom is -0.391 e. The molecular weight excluding hydrogens is 284 g/mol. The molecule has 2 aliphatic rings. The smallest absolute Gasteiger partial charge is 0.264 e. The first-order valence-corrected chi connectivity index (χ1v) is 8.61. The Morgan fingerprint density at radius 1 is 1.43 bits per heavy atom. The third-order valence-corrected chi connectivity index (χ3v) is 5.66. The number of aliphatic hydroxyl groups excluding tert-OH is 1. The number of fused-ring (bicyclic) bond motifs is 1. The van der Waals surface area contributed by atoms with Crippen LogP contribution in [0.1, 0.15) is 39.4 Å². The second-order valence-electron chi connectivity index (χ2n) is 6.53. The van der Waals surface area contributed by atoms with Gasteiger partial charge in [-0.2, -0.15) is 0 Å². The number of likely N-dealkylation sites (tertiary alicyclic amines) is 1. The molecule has 1 saturated heterocycles. The maximum atomic E-state index is 12.8. The van der Waals surface area contributed by atoms with Crippen LogP contribution in [-0.4, -0.2) is 60.1 Å². The fourth-order valence-electron chi connectivity index (χ4n) is 3.47. The number of carbonyl (C=O) groups is 1. The van der Waals surface area contributed by atoms with Crippen LogP contribution in [0.3, 0.4) is 0 Å². The second-order valence-corrected chi connectivity index (χ2v) is 7.67. The lowest BCUT2D eigenvalue weighted by Gasteiger charge is -2.26. The largest absolute Gasteiger partial charge is 0.391 e. The van der Waals surface area contributed by atoms with E-state index in [4.69, 9.17) is 0 Å². The van der Waals surface area contributed by atoms with Gasteiger partial charge in [0.1, 0.15) is 0 Å².